The number of anilines is 1. The van der Waals surface area contributed by atoms with Gasteiger partial charge in [0.1, 0.15) is 0 Å². The maximum Gasteiger partial charge on any atom is 0.174 e. The quantitative estimate of drug-likeness (QED) is 0.293. The summed E-state index contributed by atoms with van der Waals surface area (Å²) in [4.78, 5) is 7.00. The first-order chi connectivity index (χ1) is 17.3. The molecule has 1 N–H and O–H groups in total. The summed E-state index contributed by atoms with van der Waals surface area (Å²) < 4.78 is 2.38. The summed E-state index contributed by atoms with van der Waals surface area (Å²) in [5.41, 5.74) is 10.8. The molecule has 5 heteroatoms. The first-order valence-corrected chi connectivity index (χ1v) is 13.0. The molecular weight excluding hydrogens is 460 g/mol. The monoisotopic (exact) mass is 494 g/mol. The standard InChI is InChI=1S/C31H34N4S/c1-19(2)24-12-14-25(15-13-24)35-30(29(33-31(35)36)27-9-7-8-16-32-27)26-18-22(5)34(23(26)6)28-17-20(3)10-11-21(28)4/h7-19,29-30H,1-6H3,(H,33,36)/t29-,30-/m1/s1. The fraction of sp³-hybridized carbons (Fsp3) is 0.290. The number of nitrogens with one attached hydrogen (secondary N) is 1. The molecule has 2 aromatic heterocycles. The van der Waals surface area contributed by atoms with Gasteiger partial charge in [-0.2, -0.15) is 0 Å². The van der Waals surface area contributed by atoms with E-state index in [0.29, 0.717) is 5.92 Å². The molecule has 0 radical (unpaired) electrons. The van der Waals surface area contributed by atoms with Crippen molar-refractivity contribution in [3.63, 3.8) is 0 Å². The van der Waals surface area contributed by atoms with E-state index >= 15 is 0 Å². The summed E-state index contributed by atoms with van der Waals surface area (Å²) in [6.45, 7) is 13.2. The van der Waals surface area contributed by atoms with Crippen LogP contribution in [-0.4, -0.2) is 14.7 Å². The van der Waals surface area contributed by atoms with E-state index < -0.39 is 0 Å². The third kappa shape index (κ3) is 4.22. The van der Waals surface area contributed by atoms with Crippen molar-refractivity contribution in [2.24, 2.45) is 0 Å². The molecule has 1 aliphatic rings. The molecule has 1 fully saturated rings. The predicted molar refractivity (Wildman–Crippen MR) is 153 cm³/mol. The summed E-state index contributed by atoms with van der Waals surface area (Å²) in [5.74, 6) is 0.483. The van der Waals surface area contributed by atoms with E-state index in [4.69, 9.17) is 17.2 Å². The lowest BCUT2D eigenvalue weighted by molar-refractivity contribution is 0.565. The van der Waals surface area contributed by atoms with Gasteiger partial charge in [-0.25, -0.2) is 0 Å². The average molecular weight is 495 g/mol. The van der Waals surface area contributed by atoms with Crippen molar-refractivity contribution in [2.75, 3.05) is 4.90 Å². The van der Waals surface area contributed by atoms with Crippen molar-refractivity contribution in [2.45, 2.75) is 59.5 Å². The van der Waals surface area contributed by atoms with Crippen molar-refractivity contribution in [1.82, 2.24) is 14.9 Å². The lowest BCUT2D eigenvalue weighted by Crippen LogP contribution is -2.29. The first kappa shape index (κ1) is 24.3. The number of nitrogens with zero attached hydrogens (tertiary/aromatic N) is 3. The van der Waals surface area contributed by atoms with Crippen LogP contribution in [0.2, 0.25) is 0 Å². The fourth-order valence-corrected chi connectivity index (χ4v) is 5.73. The van der Waals surface area contributed by atoms with E-state index in [1.54, 1.807) is 0 Å². The van der Waals surface area contributed by atoms with Gasteiger partial charge in [0.25, 0.3) is 0 Å². The van der Waals surface area contributed by atoms with Crippen molar-refractivity contribution >= 4 is 23.0 Å². The van der Waals surface area contributed by atoms with Crippen LogP contribution in [0.15, 0.2) is 72.9 Å². The number of aryl methyl sites for hydroxylation is 3. The van der Waals surface area contributed by atoms with Crippen LogP contribution in [0.1, 0.15) is 71.2 Å². The number of thiocarbonyl (C=S) groups is 1. The second kappa shape index (κ2) is 9.55. The number of rotatable bonds is 5. The average Bonchev–Trinajstić information content (AvgIpc) is 3.36. The van der Waals surface area contributed by atoms with E-state index in [-0.39, 0.29) is 12.1 Å². The summed E-state index contributed by atoms with van der Waals surface area (Å²) >= 11 is 5.96. The van der Waals surface area contributed by atoms with Gasteiger partial charge in [-0.05, 0) is 104 Å². The lowest BCUT2D eigenvalue weighted by Gasteiger charge is -2.28. The molecule has 0 amide bonds. The number of hydrogen-bond acceptors (Lipinski definition) is 2. The fourth-order valence-electron chi connectivity index (χ4n) is 5.39. The number of aromatic nitrogens is 2. The highest BCUT2D eigenvalue weighted by atomic mass is 32.1. The van der Waals surface area contributed by atoms with Crippen molar-refractivity contribution in [3.05, 3.63) is 112 Å². The second-order valence-electron chi connectivity index (χ2n) is 10.2. The second-order valence-corrected chi connectivity index (χ2v) is 10.6. The molecule has 2 atom stereocenters. The third-order valence-electron chi connectivity index (χ3n) is 7.33. The molecule has 1 saturated heterocycles. The SMILES string of the molecule is Cc1ccc(C)c(-n2c(C)cc([C@@H]3[C@@H](c4ccccn4)NC(=S)N3c3ccc(C(C)C)cc3)c2C)c1. The maximum atomic E-state index is 5.96. The predicted octanol–water partition coefficient (Wildman–Crippen LogP) is 7.41. The van der Waals surface area contributed by atoms with Crippen LogP contribution in [-0.2, 0) is 0 Å². The minimum absolute atomic E-state index is 0.0256. The van der Waals surface area contributed by atoms with Gasteiger partial charge in [-0.1, -0.05) is 44.2 Å². The Morgan fingerprint density at radius 2 is 1.67 bits per heavy atom. The molecule has 0 saturated carbocycles. The van der Waals surface area contributed by atoms with Crippen molar-refractivity contribution in [3.8, 4) is 5.69 Å². The highest BCUT2D eigenvalue weighted by Crippen LogP contribution is 2.44. The maximum absolute atomic E-state index is 5.96. The van der Waals surface area contributed by atoms with E-state index in [0.717, 1.165) is 16.5 Å². The zero-order valence-electron chi connectivity index (χ0n) is 21.9. The molecule has 0 spiro atoms. The molecule has 184 valence electrons. The van der Waals surface area contributed by atoms with Crippen LogP contribution < -0.4 is 10.2 Å². The van der Waals surface area contributed by atoms with Gasteiger partial charge in [-0.15, -0.1) is 0 Å². The van der Waals surface area contributed by atoms with Gasteiger partial charge in [0.15, 0.2) is 5.11 Å². The van der Waals surface area contributed by atoms with Crippen LogP contribution in [0.5, 0.6) is 0 Å². The summed E-state index contributed by atoms with van der Waals surface area (Å²) in [5, 5.41) is 4.33. The summed E-state index contributed by atoms with van der Waals surface area (Å²) in [6.07, 6.45) is 1.86. The molecule has 2 aromatic carbocycles. The van der Waals surface area contributed by atoms with Gasteiger partial charge in [0, 0.05) is 29.0 Å². The third-order valence-corrected chi connectivity index (χ3v) is 7.65. The van der Waals surface area contributed by atoms with Crippen molar-refractivity contribution < 1.29 is 0 Å². The van der Waals surface area contributed by atoms with Crippen LogP contribution in [0.25, 0.3) is 5.69 Å². The summed E-state index contributed by atoms with van der Waals surface area (Å²) in [7, 11) is 0. The Balaban J connectivity index is 1.67. The Labute approximate surface area is 220 Å². The van der Waals surface area contributed by atoms with E-state index in [9.17, 15) is 0 Å². The topological polar surface area (TPSA) is 33.1 Å². The molecule has 3 heterocycles. The number of pyridine rings is 1. The minimum atomic E-state index is -0.0592. The zero-order valence-corrected chi connectivity index (χ0v) is 22.7. The molecule has 0 aliphatic carbocycles. The van der Waals surface area contributed by atoms with Crippen LogP contribution in [0.4, 0.5) is 5.69 Å². The Morgan fingerprint density at radius 3 is 2.33 bits per heavy atom. The molecule has 4 nitrogen and oxygen atoms in total. The molecular formula is C31H34N4S. The van der Waals surface area contributed by atoms with Gasteiger partial charge >= 0.3 is 0 Å². The van der Waals surface area contributed by atoms with E-state index in [1.165, 1.54) is 39.3 Å². The Bertz CT molecular complexity index is 1400. The van der Waals surface area contributed by atoms with Gasteiger partial charge < -0.3 is 14.8 Å². The van der Waals surface area contributed by atoms with E-state index in [2.05, 4.69) is 111 Å². The van der Waals surface area contributed by atoms with Crippen molar-refractivity contribution in [1.29, 1.82) is 0 Å². The van der Waals surface area contributed by atoms with Crippen LogP contribution >= 0.6 is 12.2 Å². The normalized spacial score (nSPS) is 17.6. The molecule has 5 rings (SSSR count). The largest absolute Gasteiger partial charge is 0.351 e. The van der Waals surface area contributed by atoms with E-state index in [1.807, 2.05) is 18.3 Å². The van der Waals surface area contributed by atoms with Crippen LogP contribution in [0.3, 0.4) is 0 Å². The highest BCUT2D eigenvalue weighted by Gasteiger charge is 2.42. The molecule has 1 aliphatic heterocycles. The van der Waals surface area contributed by atoms with Gasteiger partial charge in [0.2, 0.25) is 0 Å². The highest BCUT2D eigenvalue weighted by molar-refractivity contribution is 7.80. The minimum Gasteiger partial charge on any atom is -0.351 e. The number of hydrogen-bond donors (Lipinski definition) is 1. The summed E-state index contributed by atoms with van der Waals surface area (Å²) in [6, 6.07) is 23.8. The molecule has 0 bridgehead atoms. The Morgan fingerprint density at radius 1 is 0.917 bits per heavy atom. The smallest absolute Gasteiger partial charge is 0.174 e. The lowest BCUT2D eigenvalue weighted by atomic mass is 9.96. The zero-order chi connectivity index (χ0) is 25.6. The Hall–Kier alpha value is -3.44. The first-order valence-electron chi connectivity index (χ1n) is 12.6. The molecule has 36 heavy (non-hydrogen) atoms. The van der Waals surface area contributed by atoms with Gasteiger partial charge in [-0.3, -0.25) is 4.98 Å². The molecule has 4 aromatic rings. The number of benzene rings is 2. The van der Waals surface area contributed by atoms with Crippen LogP contribution in [0, 0.1) is 27.7 Å². The Kier molecular flexibility index (Phi) is 6.44. The molecule has 0 unspecified atom stereocenters. The van der Waals surface area contributed by atoms with Gasteiger partial charge in [0.05, 0.1) is 17.8 Å².